The highest BCUT2D eigenvalue weighted by atomic mass is 16.4. The second-order valence-electron chi connectivity index (χ2n) is 7.18. The van der Waals surface area contributed by atoms with Crippen molar-refractivity contribution >= 4 is 21.7 Å². The van der Waals surface area contributed by atoms with Crippen LogP contribution in [0.25, 0.3) is 21.7 Å². The lowest BCUT2D eigenvalue weighted by Crippen LogP contribution is -2.32. The maximum Gasteiger partial charge on any atom is 0.336 e. The Morgan fingerprint density at radius 3 is 2.77 bits per heavy atom. The molecule has 1 aromatic heterocycles. The summed E-state index contributed by atoms with van der Waals surface area (Å²) in [6, 6.07) is 13.8. The maximum absolute atomic E-state index is 11.9. The van der Waals surface area contributed by atoms with E-state index in [1.165, 1.54) is 37.7 Å². The summed E-state index contributed by atoms with van der Waals surface area (Å²) in [4.78, 5) is 14.5. The van der Waals surface area contributed by atoms with Crippen LogP contribution in [-0.2, 0) is 6.54 Å². The molecule has 0 bridgehead atoms. The first-order chi connectivity index (χ1) is 12.8. The molecule has 0 amide bonds. The number of hydrogen-bond donors (Lipinski definition) is 1. The lowest BCUT2D eigenvalue weighted by atomic mass is 10.0. The first-order valence-corrected chi connectivity index (χ1v) is 9.69. The van der Waals surface area contributed by atoms with E-state index in [9.17, 15) is 4.79 Å². The number of nitrogens with zero attached hydrogens (tertiary/aromatic N) is 1. The molecule has 2 aromatic carbocycles. The maximum atomic E-state index is 11.9. The molecule has 0 radical (unpaired) electrons. The molecule has 0 aliphatic carbocycles. The van der Waals surface area contributed by atoms with Gasteiger partial charge in [-0.2, -0.15) is 0 Å². The standard InChI is InChI=1S/C22H26N2O2/c25-21-15-18(16-23-11-6-14-24-12-4-1-5-13-24)22-19-8-3-2-7-17(19)9-10-20(22)26-21/h2-3,7-10,15,23H,1,4-6,11-14,16H2. The molecule has 0 saturated carbocycles. The first kappa shape index (κ1) is 17.3. The quantitative estimate of drug-likeness (QED) is 0.416. The van der Waals surface area contributed by atoms with Crippen LogP contribution in [0.15, 0.2) is 51.7 Å². The van der Waals surface area contributed by atoms with Gasteiger partial charge in [0.15, 0.2) is 0 Å². The lowest BCUT2D eigenvalue weighted by Gasteiger charge is -2.26. The monoisotopic (exact) mass is 350 g/mol. The first-order valence-electron chi connectivity index (χ1n) is 9.69. The summed E-state index contributed by atoms with van der Waals surface area (Å²) < 4.78 is 5.43. The summed E-state index contributed by atoms with van der Waals surface area (Å²) in [5.41, 5.74) is 1.41. The van der Waals surface area contributed by atoms with E-state index in [2.05, 4.69) is 22.3 Å². The fourth-order valence-electron chi connectivity index (χ4n) is 3.99. The van der Waals surface area contributed by atoms with Crippen LogP contribution >= 0.6 is 0 Å². The fourth-order valence-corrected chi connectivity index (χ4v) is 3.99. The van der Waals surface area contributed by atoms with Gasteiger partial charge in [0.25, 0.3) is 0 Å². The summed E-state index contributed by atoms with van der Waals surface area (Å²) in [6.45, 7) is 5.30. The minimum atomic E-state index is -0.280. The van der Waals surface area contributed by atoms with Gasteiger partial charge in [0, 0.05) is 18.0 Å². The Morgan fingerprint density at radius 2 is 1.88 bits per heavy atom. The zero-order valence-corrected chi connectivity index (χ0v) is 15.2. The Hall–Kier alpha value is -2.17. The zero-order valence-electron chi connectivity index (χ0n) is 15.2. The summed E-state index contributed by atoms with van der Waals surface area (Å²) in [7, 11) is 0. The van der Waals surface area contributed by atoms with Crippen LogP contribution in [0.2, 0.25) is 0 Å². The molecule has 2 heterocycles. The van der Waals surface area contributed by atoms with Gasteiger partial charge in [-0.15, -0.1) is 0 Å². The summed E-state index contributed by atoms with van der Waals surface area (Å²) in [5.74, 6) is 0. The lowest BCUT2D eigenvalue weighted by molar-refractivity contribution is 0.225. The molecule has 0 atom stereocenters. The van der Waals surface area contributed by atoms with Crippen LogP contribution in [0.4, 0.5) is 0 Å². The van der Waals surface area contributed by atoms with Gasteiger partial charge < -0.3 is 14.6 Å². The molecule has 1 saturated heterocycles. The van der Waals surface area contributed by atoms with Gasteiger partial charge in [-0.1, -0.05) is 36.8 Å². The van der Waals surface area contributed by atoms with E-state index in [1.807, 2.05) is 24.3 Å². The third-order valence-corrected chi connectivity index (χ3v) is 5.31. The highest BCUT2D eigenvalue weighted by molar-refractivity contribution is 6.07. The second kappa shape index (κ2) is 8.02. The predicted molar refractivity (Wildman–Crippen MR) is 107 cm³/mol. The third kappa shape index (κ3) is 3.81. The van der Waals surface area contributed by atoms with Crippen LogP contribution in [-0.4, -0.2) is 31.1 Å². The topological polar surface area (TPSA) is 45.5 Å². The molecule has 4 heteroatoms. The number of nitrogens with one attached hydrogen (secondary N) is 1. The molecular weight excluding hydrogens is 324 g/mol. The van der Waals surface area contributed by atoms with Crippen molar-refractivity contribution in [2.45, 2.75) is 32.2 Å². The largest absolute Gasteiger partial charge is 0.423 e. The van der Waals surface area contributed by atoms with E-state index >= 15 is 0 Å². The number of hydrogen-bond acceptors (Lipinski definition) is 4. The van der Waals surface area contributed by atoms with Crippen LogP contribution in [0.1, 0.15) is 31.2 Å². The van der Waals surface area contributed by atoms with E-state index in [4.69, 9.17) is 4.42 Å². The van der Waals surface area contributed by atoms with Gasteiger partial charge in [0.2, 0.25) is 0 Å². The molecule has 0 spiro atoms. The van der Waals surface area contributed by atoms with E-state index in [-0.39, 0.29) is 5.63 Å². The van der Waals surface area contributed by atoms with E-state index in [1.54, 1.807) is 6.07 Å². The highest BCUT2D eigenvalue weighted by Crippen LogP contribution is 2.27. The van der Waals surface area contributed by atoms with Crippen LogP contribution < -0.4 is 10.9 Å². The molecule has 1 aliphatic heterocycles. The molecule has 3 aromatic rings. The Kier molecular flexibility index (Phi) is 5.32. The van der Waals surface area contributed by atoms with Crippen molar-refractivity contribution in [3.63, 3.8) is 0 Å². The molecular formula is C22H26N2O2. The molecule has 1 aliphatic rings. The average molecular weight is 350 g/mol. The highest BCUT2D eigenvalue weighted by Gasteiger charge is 2.11. The molecule has 4 rings (SSSR count). The number of likely N-dealkylation sites (tertiary alicyclic amines) is 1. The summed E-state index contributed by atoms with van der Waals surface area (Å²) >= 11 is 0. The van der Waals surface area contributed by atoms with Crippen molar-refractivity contribution in [1.29, 1.82) is 0 Å². The van der Waals surface area contributed by atoms with Crippen molar-refractivity contribution in [3.8, 4) is 0 Å². The van der Waals surface area contributed by atoms with Crippen molar-refractivity contribution in [2.24, 2.45) is 0 Å². The van der Waals surface area contributed by atoms with Crippen molar-refractivity contribution in [2.75, 3.05) is 26.2 Å². The van der Waals surface area contributed by atoms with Crippen LogP contribution in [0.3, 0.4) is 0 Å². The predicted octanol–water partition coefficient (Wildman–Crippen LogP) is 3.91. The van der Waals surface area contributed by atoms with Crippen LogP contribution in [0, 0.1) is 0 Å². The van der Waals surface area contributed by atoms with E-state index < -0.39 is 0 Å². The second-order valence-corrected chi connectivity index (χ2v) is 7.18. The van der Waals surface area contributed by atoms with Gasteiger partial charge in [-0.3, -0.25) is 0 Å². The van der Waals surface area contributed by atoms with Crippen molar-refractivity contribution in [3.05, 3.63) is 58.4 Å². The molecule has 1 fully saturated rings. The molecule has 0 unspecified atom stereocenters. The van der Waals surface area contributed by atoms with Gasteiger partial charge >= 0.3 is 5.63 Å². The number of fused-ring (bicyclic) bond motifs is 3. The van der Waals surface area contributed by atoms with E-state index in [0.29, 0.717) is 12.1 Å². The Morgan fingerprint density at radius 1 is 1.04 bits per heavy atom. The number of piperidine rings is 1. The normalized spacial score (nSPS) is 15.7. The average Bonchev–Trinajstić information content (AvgIpc) is 2.68. The fraction of sp³-hybridized carbons (Fsp3) is 0.409. The smallest absolute Gasteiger partial charge is 0.336 e. The Labute approximate surface area is 153 Å². The van der Waals surface area contributed by atoms with Crippen molar-refractivity contribution in [1.82, 2.24) is 10.2 Å². The minimum absolute atomic E-state index is 0.280. The molecule has 4 nitrogen and oxygen atoms in total. The van der Waals surface area contributed by atoms with Gasteiger partial charge in [-0.05, 0) is 67.8 Å². The molecule has 1 N–H and O–H groups in total. The minimum Gasteiger partial charge on any atom is -0.423 e. The zero-order chi connectivity index (χ0) is 17.8. The van der Waals surface area contributed by atoms with Crippen molar-refractivity contribution < 1.29 is 4.42 Å². The third-order valence-electron chi connectivity index (χ3n) is 5.31. The summed E-state index contributed by atoms with van der Waals surface area (Å²) in [5, 5.41) is 6.87. The van der Waals surface area contributed by atoms with Gasteiger partial charge in [0.1, 0.15) is 5.58 Å². The van der Waals surface area contributed by atoms with E-state index in [0.717, 1.165) is 35.8 Å². The Balaban J connectivity index is 1.47. The number of rotatable bonds is 6. The number of benzene rings is 2. The SMILES string of the molecule is O=c1cc(CNCCCN2CCCCC2)c2c(ccc3ccccc32)o1. The van der Waals surface area contributed by atoms with Crippen LogP contribution in [0.5, 0.6) is 0 Å². The molecule has 26 heavy (non-hydrogen) atoms. The Bertz CT molecular complexity index is 942. The van der Waals surface area contributed by atoms with Gasteiger partial charge in [-0.25, -0.2) is 4.79 Å². The molecule has 136 valence electrons. The van der Waals surface area contributed by atoms with Gasteiger partial charge in [0.05, 0.1) is 0 Å². The summed E-state index contributed by atoms with van der Waals surface area (Å²) in [6.07, 6.45) is 5.20.